The van der Waals surface area contributed by atoms with E-state index in [1.165, 1.54) is 22.3 Å². The summed E-state index contributed by atoms with van der Waals surface area (Å²) in [6.45, 7) is 5.84. The van der Waals surface area contributed by atoms with E-state index >= 15 is 0 Å². The highest BCUT2D eigenvalue weighted by Crippen LogP contribution is 2.38. The molecule has 1 saturated heterocycles. The van der Waals surface area contributed by atoms with E-state index in [9.17, 15) is 22.8 Å². The third-order valence-electron chi connectivity index (χ3n) is 5.76. The molecular formula is C25H27F3N4O3S. The third kappa shape index (κ3) is 5.89. The molecule has 4 rings (SSSR count). The number of hydrogen-bond acceptors (Lipinski definition) is 6. The second-order valence-electron chi connectivity index (χ2n) is 9.75. The van der Waals surface area contributed by atoms with Crippen molar-refractivity contribution in [2.75, 3.05) is 24.1 Å². The minimum atomic E-state index is -4.58. The number of rotatable bonds is 3. The zero-order valence-electron chi connectivity index (χ0n) is 20.1. The Kier molecular flexibility index (Phi) is 6.87. The van der Waals surface area contributed by atoms with Crippen LogP contribution in [0.15, 0.2) is 36.4 Å². The van der Waals surface area contributed by atoms with Crippen molar-refractivity contribution in [3.63, 3.8) is 0 Å². The fourth-order valence-electron chi connectivity index (χ4n) is 4.11. The predicted octanol–water partition coefficient (Wildman–Crippen LogP) is 6.15. The summed E-state index contributed by atoms with van der Waals surface area (Å²) in [4.78, 5) is 31.4. The molecule has 1 fully saturated rings. The number of fused-ring (bicyclic) bond motifs is 1. The summed E-state index contributed by atoms with van der Waals surface area (Å²) in [6, 6.07) is 8.52. The zero-order valence-corrected chi connectivity index (χ0v) is 20.9. The number of nitrogens with two attached hydrogens (primary N) is 1. The van der Waals surface area contributed by atoms with Crippen LogP contribution in [0, 0.1) is 5.92 Å². The molecule has 2 aromatic carbocycles. The fraction of sp³-hybridized carbons (Fsp3) is 0.400. The van der Waals surface area contributed by atoms with Crippen LogP contribution in [0.3, 0.4) is 0 Å². The van der Waals surface area contributed by atoms with Gasteiger partial charge in [0, 0.05) is 24.3 Å². The number of carbonyl (C=O) groups is 2. The molecule has 0 spiro atoms. The van der Waals surface area contributed by atoms with Crippen LogP contribution >= 0.6 is 11.3 Å². The van der Waals surface area contributed by atoms with Gasteiger partial charge in [-0.25, -0.2) is 9.78 Å². The first-order valence-corrected chi connectivity index (χ1v) is 12.3. The van der Waals surface area contributed by atoms with E-state index in [0.29, 0.717) is 41.2 Å². The molecule has 3 N–H and O–H groups in total. The second-order valence-corrected chi connectivity index (χ2v) is 10.8. The third-order valence-corrected chi connectivity index (χ3v) is 6.63. The molecule has 1 unspecified atom stereocenters. The lowest BCUT2D eigenvalue weighted by atomic mass is 9.96. The number of nitrogens with one attached hydrogen (secondary N) is 1. The van der Waals surface area contributed by atoms with Crippen LogP contribution in [-0.2, 0) is 15.7 Å². The maximum atomic E-state index is 13.5. The second kappa shape index (κ2) is 9.61. The van der Waals surface area contributed by atoms with E-state index in [1.54, 1.807) is 39.0 Å². The number of carbonyl (C=O) groups excluding carboxylic acids is 2. The Labute approximate surface area is 210 Å². The van der Waals surface area contributed by atoms with Crippen molar-refractivity contribution in [2.24, 2.45) is 5.92 Å². The predicted molar refractivity (Wildman–Crippen MR) is 134 cm³/mol. The molecule has 0 saturated carbocycles. The number of thiazole rings is 1. The number of nitrogen functional groups attached to an aromatic ring is 1. The van der Waals surface area contributed by atoms with Gasteiger partial charge in [0.05, 0.1) is 21.7 Å². The van der Waals surface area contributed by atoms with Crippen molar-refractivity contribution >= 4 is 44.4 Å². The molecule has 1 aliphatic rings. The molecule has 2 amide bonds. The van der Waals surface area contributed by atoms with Crippen molar-refractivity contribution in [3.8, 4) is 11.1 Å². The van der Waals surface area contributed by atoms with Crippen molar-refractivity contribution in [1.82, 2.24) is 9.88 Å². The summed E-state index contributed by atoms with van der Waals surface area (Å²) in [5, 5.41) is 3.08. The molecule has 36 heavy (non-hydrogen) atoms. The molecule has 1 atom stereocenters. The minimum absolute atomic E-state index is 0.0340. The lowest BCUT2D eigenvalue weighted by Gasteiger charge is -2.33. The van der Waals surface area contributed by atoms with E-state index < -0.39 is 35.3 Å². The van der Waals surface area contributed by atoms with Crippen LogP contribution in [0.2, 0.25) is 0 Å². The van der Waals surface area contributed by atoms with Crippen molar-refractivity contribution < 1.29 is 27.5 Å². The average molecular weight is 521 g/mol. The number of benzene rings is 2. The smallest absolute Gasteiger partial charge is 0.416 e. The van der Waals surface area contributed by atoms with Crippen LogP contribution in [-0.4, -0.2) is 40.6 Å². The summed E-state index contributed by atoms with van der Waals surface area (Å²) in [6.07, 6.45) is -4.02. The number of amides is 2. The number of ether oxygens (including phenoxy) is 1. The molecule has 0 radical (unpaired) electrons. The van der Waals surface area contributed by atoms with Crippen molar-refractivity contribution in [2.45, 2.75) is 45.4 Å². The van der Waals surface area contributed by atoms with Gasteiger partial charge >= 0.3 is 12.3 Å². The molecule has 0 bridgehead atoms. The van der Waals surface area contributed by atoms with Crippen LogP contribution in [0.4, 0.5) is 28.8 Å². The normalized spacial score (nSPS) is 16.7. The highest BCUT2D eigenvalue weighted by molar-refractivity contribution is 7.22. The van der Waals surface area contributed by atoms with E-state index in [1.807, 2.05) is 0 Å². The molecule has 7 nitrogen and oxygen atoms in total. The molecule has 192 valence electrons. The maximum absolute atomic E-state index is 13.5. The Morgan fingerprint density at radius 3 is 2.61 bits per heavy atom. The van der Waals surface area contributed by atoms with Crippen LogP contribution in [0.1, 0.15) is 39.2 Å². The van der Waals surface area contributed by atoms with E-state index in [0.717, 1.165) is 16.8 Å². The van der Waals surface area contributed by atoms with Crippen LogP contribution < -0.4 is 11.1 Å². The van der Waals surface area contributed by atoms with Crippen LogP contribution in [0.25, 0.3) is 21.3 Å². The summed E-state index contributed by atoms with van der Waals surface area (Å²) in [7, 11) is 0. The van der Waals surface area contributed by atoms with Gasteiger partial charge in [-0.05, 0) is 63.4 Å². The van der Waals surface area contributed by atoms with Gasteiger partial charge in [0.1, 0.15) is 5.60 Å². The number of anilines is 2. The first-order chi connectivity index (χ1) is 16.8. The van der Waals surface area contributed by atoms with Gasteiger partial charge < -0.3 is 20.7 Å². The number of alkyl halides is 3. The number of aromatic nitrogens is 1. The minimum Gasteiger partial charge on any atom is -0.444 e. The Bertz CT molecular complexity index is 1300. The molecule has 11 heteroatoms. The van der Waals surface area contributed by atoms with E-state index in [4.69, 9.17) is 10.5 Å². The van der Waals surface area contributed by atoms with Gasteiger partial charge in [0.25, 0.3) is 0 Å². The van der Waals surface area contributed by atoms with Gasteiger partial charge in [0.2, 0.25) is 5.91 Å². The SMILES string of the molecule is CC(C)(C)OC(=O)N1CCCC(C(=O)Nc2cc(C(F)(F)F)ccc2-c2ccc3sc(N)nc3c2)C1. The lowest BCUT2D eigenvalue weighted by Crippen LogP contribution is -2.45. The molecular weight excluding hydrogens is 493 g/mol. The average Bonchev–Trinajstić information content (AvgIpc) is 3.16. The number of likely N-dealkylation sites (tertiary alicyclic amines) is 1. The maximum Gasteiger partial charge on any atom is 0.416 e. The monoisotopic (exact) mass is 520 g/mol. The Morgan fingerprint density at radius 2 is 1.92 bits per heavy atom. The highest BCUT2D eigenvalue weighted by Gasteiger charge is 2.33. The van der Waals surface area contributed by atoms with Crippen molar-refractivity contribution in [1.29, 1.82) is 0 Å². The van der Waals surface area contributed by atoms with Gasteiger partial charge in [-0.2, -0.15) is 13.2 Å². The Morgan fingerprint density at radius 1 is 1.17 bits per heavy atom. The molecule has 1 aromatic heterocycles. The van der Waals surface area contributed by atoms with Gasteiger partial charge in [0.15, 0.2) is 5.13 Å². The van der Waals surface area contributed by atoms with Crippen LogP contribution in [0.5, 0.6) is 0 Å². The molecule has 2 heterocycles. The van der Waals surface area contributed by atoms with E-state index in [-0.39, 0.29) is 12.2 Å². The number of piperidine rings is 1. The van der Waals surface area contributed by atoms with Gasteiger partial charge in [-0.3, -0.25) is 4.79 Å². The molecule has 3 aromatic rings. The highest BCUT2D eigenvalue weighted by atomic mass is 32.1. The standard InChI is InChI=1S/C25H27F3N4O3S/c1-24(2,3)35-23(34)32-10-4-5-15(13-32)21(33)30-18-12-16(25(26,27)28)7-8-17(18)14-6-9-20-19(11-14)31-22(29)36-20/h6-9,11-12,15H,4-5,10,13H2,1-3H3,(H2,29,31)(H,30,33). The van der Waals surface area contributed by atoms with Gasteiger partial charge in [-0.1, -0.05) is 23.5 Å². The number of hydrogen-bond donors (Lipinski definition) is 2. The summed E-state index contributed by atoms with van der Waals surface area (Å²) in [5.74, 6) is -1.04. The Hall–Kier alpha value is -3.34. The molecule has 1 aliphatic heterocycles. The largest absolute Gasteiger partial charge is 0.444 e. The van der Waals surface area contributed by atoms with Crippen molar-refractivity contribution in [3.05, 3.63) is 42.0 Å². The fourth-order valence-corrected chi connectivity index (χ4v) is 4.82. The quantitative estimate of drug-likeness (QED) is 0.432. The summed E-state index contributed by atoms with van der Waals surface area (Å²) >= 11 is 1.31. The number of nitrogens with zero attached hydrogens (tertiary/aromatic N) is 2. The zero-order chi connectivity index (χ0) is 26.3. The molecule has 0 aliphatic carbocycles. The van der Waals surface area contributed by atoms with E-state index in [2.05, 4.69) is 10.3 Å². The number of halogens is 3. The summed E-state index contributed by atoms with van der Waals surface area (Å²) in [5.41, 5.74) is 5.89. The topological polar surface area (TPSA) is 97.5 Å². The lowest BCUT2D eigenvalue weighted by molar-refractivity contribution is -0.137. The van der Waals surface area contributed by atoms with Gasteiger partial charge in [-0.15, -0.1) is 0 Å². The first kappa shape index (κ1) is 25.7. The summed E-state index contributed by atoms with van der Waals surface area (Å²) < 4.78 is 46.7. The first-order valence-electron chi connectivity index (χ1n) is 11.5. The Balaban J connectivity index is 1.61.